The van der Waals surface area contributed by atoms with Crippen LogP contribution in [-0.2, 0) is 11.3 Å². The van der Waals surface area contributed by atoms with E-state index in [2.05, 4.69) is 31.4 Å². The number of nitrogens with zero attached hydrogens (tertiary/aromatic N) is 4. The molecule has 0 aliphatic heterocycles. The molecule has 0 fully saturated rings. The van der Waals surface area contributed by atoms with Crippen molar-refractivity contribution in [3.05, 3.63) is 63.6 Å². The SMILES string of the molecule is Cc1nn(C(C)C(=O)Nc2cnn(Cc3ccc(Br)cc3)c2)cc1Cl. The third kappa shape index (κ3) is 4.29. The van der Waals surface area contributed by atoms with Gasteiger partial charge in [0.25, 0.3) is 0 Å². The van der Waals surface area contributed by atoms with Gasteiger partial charge in [-0.2, -0.15) is 10.2 Å². The molecule has 6 nitrogen and oxygen atoms in total. The summed E-state index contributed by atoms with van der Waals surface area (Å²) in [4.78, 5) is 12.4. The highest BCUT2D eigenvalue weighted by Crippen LogP contribution is 2.18. The molecule has 0 saturated heterocycles. The van der Waals surface area contributed by atoms with E-state index in [0.29, 0.717) is 22.9 Å². The zero-order valence-electron chi connectivity index (χ0n) is 13.8. The molecule has 1 unspecified atom stereocenters. The summed E-state index contributed by atoms with van der Waals surface area (Å²) < 4.78 is 4.37. The fourth-order valence-electron chi connectivity index (χ4n) is 2.32. The van der Waals surface area contributed by atoms with Crippen molar-refractivity contribution in [3.63, 3.8) is 0 Å². The number of benzene rings is 1. The van der Waals surface area contributed by atoms with Gasteiger partial charge in [-0.3, -0.25) is 14.2 Å². The van der Waals surface area contributed by atoms with Gasteiger partial charge < -0.3 is 5.32 Å². The third-order valence-corrected chi connectivity index (χ3v) is 4.69. The molecular weight excluding hydrogens is 406 g/mol. The quantitative estimate of drug-likeness (QED) is 0.674. The first-order chi connectivity index (χ1) is 11.9. The van der Waals surface area contributed by atoms with Gasteiger partial charge in [0.2, 0.25) is 5.91 Å². The maximum atomic E-state index is 12.4. The van der Waals surface area contributed by atoms with Gasteiger partial charge in [-0.25, -0.2) is 0 Å². The molecule has 2 aromatic heterocycles. The predicted octanol–water partition coefficient (Wildman–Crippen LogP) is 4.05. The minimum absolute atomic E-state index is 0.178. The molecule has 1 atom stereocenters. The first kappa shape index (κ1) is 17.7. The molecule has 1 aromatic carbocycles. The monoisotopic (exact) mass is 421 g/mol. The van der Waals surface area contributed by atoms with E-state index in [4.69, 9.17) is 11.6 Å². The Morgan fingerprint density at radius 1 is 1.32 bits per heavy atom. The van der Waals surface area contributed by atoms with E-state index in [1.807, 2.05) is 24.3 Å². The lowest BCUT2D eigenvalue weighted by Gasteiger charge is -2.11. The summed E-state index contributed by atoms with van der Waals surface area (Å²) in [5.41, 5.74) is 2.46. The number of aryl methyl sites for hydroxylation is 1. The zero-order valence-corrected chi connectivity index (χ0v) is 16.1. The van der Waals surface area contributed by atoms with E-state index >= 15 is 0 Å². The van der Waals surface area contributed by atoms with Crippen LogP contribution in [0.4, 0.5) is 5.69 Å². The van der Waals surface area contributed by atoms with Gasteiger partial charge in [0.1, 0.15) is 6.04 Å². The van der Waals surface area contributed by atoms with Gasteiger partial charge in [0.05, 0.1) is 29.1 Å². The van der Waals surface area contributed by atoms with Crippen LogP contribution in [-0.4, -0.2) is 25.5 Å². The number of carbonyl (C=O) groups excluding carboxylic acids is 1. The highest BCUT2D eigenvalue weighted by Gasteiger charge is 2.17. The molecule has 2 heterocycles. The molecule has 0 aliphatic carbocycles. The molecule has 25 heavy (non-hydrogen) atoms. The van der Waals surface area contributed by atoms with E-state index in [-0.39, 0.29) is 5.91 Å². The Bertz CT molecular complexity index is 867. The van der Waals surface area contributed by atoms with Gasteiger partial charge in [0.15, 0.2) is 0 Å². The van der Waals surface area contributed by atoms with Gasteiger partial charge in [-0.15, -0.1) is 0 Å². The van der Waals surface area contributed by atoms with Crippen LogP contribution in [0.15, 0.2) is 47.3 Å². The molecular formula is C17H17BrClN5O. The standard InChI is InChI=1S/C17H17BrClN5O/c1-11-16(19)10-24(22-11)12(2)17(25)21-15-7-20-23(9-15)8-13-3-5-14(18)6-4-13/h3-7,9-10,12H,8H2,1-2H3,(H,21,25). The Labute approximate surface area is 158 Å². The highest BCUT2D eigenvalue weighted by atomic mass is 79.9. The Kier molecular flexibility index (Phi) is 5.24. The summed E-state index contributed by atoms with van der Waals surface area (Å²) in [6.45, 7) is 4.20. The Balaban J connectivity index is 1.64. The van der Waals surface area contributed by atoms with Crippen molar-refractivity contribution < 1.29 is 4.79 Å². The molecule has 0 aliphatic rings. The smallest absolute Gasteiger partial charge is 0.249 e. The number of halogens is 2. The summed E-state index contributed by atoms with van der Waals surface area (Å²) in [6.07, 6.45) is 5.08. The topological polar surface area (TPSA) is 64.7 Å². The second-order valence-electron chi connectivity index (χ2n) is 5.76. The second kappa shape index (κ2) is 7.41. The van der Waals surface area contributed by atoms with Crippen LogP contribution in [0.2, 0.25) is 5.02 Å². The number of hydrogen-bond acceptors (Lipinski definition) is 3. The summed E-state index contributed by atoms with van der Waals surface area (Å²) in [5, 5.41) is 11.9. The van der Waals surface area contributed by atoms with Crippen molar-refractivity contribution >= 4 is 39.1 Å². The predicted molar refractivity (Wildman–Crippen MR) is 101 cm³/mol. The largest absolute Gasteiger partial charge is 0.322 e. The fourth-order valence-corrected chi connectivity index (χ4v) is 2.72. The number of rotatable bonds is 5. The summed E-state index contributed by atoms with van der Waals surface area (Å²) in [7, 11) is 0. The van der Waals surface area contributed by atoms with Gasteiger partial charge in [0, 0.05) is 16.9 Å². The molecule has 8 heteroatoms. The molecule has 1 amide bonds. The van der Waals surface area contributed by atoms with Gasteiger partial charge in [-0.1, -0.05) is 39.7 Å². The number of aromatic nitrogens is 4. The molecule has 0 saturated carbocycles. The van der Waals surface area contributed by atoms with Crippen LogP contribution >= 0.6 is 27.5 Å². The minimum atomic E-state index is -0.471. The van der Waals surface area contributed by atoms with Crippen molar-refractivity contribution in [2.45, 2.75) is 26.4 Å². The maximum Gasteiger partial charge on any atom is 0.249 e. The Hall–Kier alpha value is -2.12. The van der Waals surface area contributed by atoms with Crippen LogP contribution in [0.3, 0.4) is 0 Å². The van der Waals surface area contributed by atoms with Crippen molar-refractivity contribution in [2.24, 2.45) is 0 Å². The summed E-state index contributed by atoms with van der Waals surface area (Å²) in [5.74, 6) is -0.178. The van der Waals surface area contributed by atoms with Crippen molar-refractivity contribution in [1.29, 1.82) is 0 Å². The van der Waals surface area contributed by atoms with E-state index in [0.717, 1.165) is 10.0 Å². The summed E-state index contributed by atoms with van der Waals surface area (Å²) in [6, 6.07) is 7.55. The van der Waals surface area contributed by atoms with Crippen molar-refractivity contribution in [1.82, 2.24) is 19.6 Å². The van der Waals surface area contributed by atoms with Crippen LogP contribution in [0.1, 0.15) is 24.2 Å². The first-order valence-electron chi connectivity index (χ1n) is 7.71. The third-order valence-electron chi connectivity index (χ3n) is 3.79. The van der Waals surface area contributed by atoms with Crippen LogP contribution in [0, 0.1) is 6.92 Å². The minimum Gasteiger partial charge on any atom is -0.322 e. The fraction of sp³-hybridized carbons (Fsp3) is 0.235. The molecule has 130 valence electrons. The molecule has 1 N–H and O–H groups in total. The lowest BCUT2D eigenvalue weighted by molar-refractivity contribution is -0.119. The van der Waals surface area contributed by atoms with Gasteiger partial charge >= 0.3 is 0 Å². The van der Waals surface area contributed by atoms with Crippen molar-refractivity contribution in [3.8, 4) is 0 Å². The maximum absolute atomic E-state index is 12.4. The second-order valence-corrected chi connectivity index (χ2v) is 7.08. The Morgan fingerprint density at radius 3 is 2.68 bits per heavy atom. The normalized spacial score (nSPS) is 12.2. The van der Waals surface area contributed by atoms with Crippen LogP contribution < -0.4 is 5.32 Å². The van der Waals surface area contributed by atoms with Crippen molar-refractivity contribution in [2.75, 3.05) is 5.32 Å². The van der Waals surface area contributed by atoms with Crippen LogP contribution in [0.25, 0.3) is 0 Å². The zero-order chi connectivity index (χ0) is 18.0. The van der Waals surface area contributed by atoms with E-state index in [1.54, 1.807) is 41.8 Å². The number of amides is 1. The number of anilines is 1. The number of carbonyl (C=O) groups is 1. The van der Waals surface area contributed by atoms with E-state index in [9.17, 15) is 4.79 Å². The van der Waals surface area contributed by atoms with E-state index < -0.39 is 6.04 Å². The van der Waals surface area contributed by atoms with Gasteiger partial charge in [-0.05, 0) is 31.5 Å². The average molecular weight is 423 g/mol. The molecule has 3 aromatic rings. The molecule has 3 rings (SSSR count). The number of hydrogen-bond donors (Lipinski definition) is 1. The number of nitrogens with one attached hydrogen (secondary N) is 1. The van der Waals surface area contributed by atoms with E-state index in [1.165, 1.54) is 0 Å². The summed E-state index contributed by atoms with van der Waals surface area (Å²) >= 11 is 9.41. The first-order valence-corrected chi connectivity index (χ1v) is 8.88. The lowest BCUT2D eigenvalue weighted by atomic mass is 10.2. The average Bonchev–Trinajstić information content (AvgIpc) is 3.15. The molecule has 0 bridgehead atoms. The molecule has 0 radical (unpaired) electrons. The lowest BCUT2D eigenvalue weighted by Crippen LogP contribution is -2.23. The highest BCUT2D eigenvalue weighted by molar-refractivity contribution is 9.10. The Morgan fingerprint density at radius 2 is 2.04 bits per heavy atom. The molecule has 0 spiro atoms. The van der Waals surface area contributed by atoms with Crippen LogP contribution in [0.5, 0.6) is 0 Å².